The van der Waals surface area contributed by atoms with Gasteiger partial charge in [0.1, 0.15) is 6.20 Å². The number of hydrogen-bond acceptors (Lipinski definition) is 5. The summed E-state index contributed by atoms with van der Waals surface area (Å²) in [5.41, 5.74) is 5.94. The summed E-state index contributed by atoms with van der Waals surface area (Å²) in [7, 11) is 0. The first-order valence-electron chi connectivity index (χ1n) is 6.50. The number of hydrogen-bond donors (Lipinski definition) is 1. The molecule has 3 aromatic rings. The van der Waals surface area contributed by atoms with Gasteiger partial charge in [0.05, 0.1) is 22.0 Å². The lowest BCUT2D eigenvalue weighted by Gasteiger charge is -2.04. The Labute approximate surface area is 134 Å². The van der Waals surface area contributed by atoms with Crippen LogP contribution in [0.15, 0.2) is 36.7 Å². The predicted octanol–water partition coefficient (Wildman–Crippen LogP) is 2.14. The predicted molar refractivity (Wildman–Crippen MR) is 83.3 cm³/mol. The fraction of sp³-hybridized carbons (Fsp3) is 0.0714. The van der Waals surface area contributed by atoms with E-state index in [-0.39, 0.29) is 12.2 Å². The van der Waals surface area contributed by atoms with Crippen molar-refractivity contribution in [3.8, 4) is 0 Å². The van der Waals surface area contributed by atoms with Gasteiger partial charge in [-0.3, -0.25) is 24.6 Å². The zero-order valence-electron chi connectivity index (χ0n) is 11.6. The summed E-state index contributed by atoms with van der Waals surface area (Å²) in [5.74, 6) is -0.940. The third-order valence-electron chi connectivity index (χ3n) is 3.23. The molecule has 0 spiro atoms. The van der Waals surface area contributed by atoms with E-state index in [2.05, 4.69) is 10.1 Å². The van der Waals surface area contributed by atoms with Crippen molar-refractivity contribution in [2.24, 2.45) is 5.73 Å². The van der Waals surface area contributed by atoms with Gasteiger partial charge in [-0.25, -0.2) is 0 Å². The largest absolute Gasteiger partial charge is 0.364 e. The first-order chi connectivity index (χ1) is 10.9. The van der Waals surface area contributed by atoms with Crippen LogP contribution < -0.4 is 5.73 Å². The highest BCUT2D eigenvalue weighted by molar-refractivity contribution is 6.31. The monoisotopic (exact) mass is 331 g/mol. The Morgan fingerprint density at radius 2 is 2.17 bits per heavy atom. The highest BCUT2D eigenvalue weighted by Crippen LogP contribution is 2.20. The highest BCUT2D eigenvalue weighted by atomic mass is 35.5. The Balaban J connectivity index is 1.97. The summed E-state index contributed by atoms with van der Waals surface area (Å²) < 4.78 is 1.30. The number of carbonyl (C=O) groups is 1. The molecule has 9 heteroatoms. The zero-order chi connectivity index (χ0) is 16.6. The van der Waals surface area contributed by atoms with Crippen LogP contribution in [0, 0.1) is 10.1 Å². The molecule has 0 atom stereocenters. The summed E-state index contributed by atoms with van der Waals surface area (Å²) in [6.45, 7) is 0.247. The van der Waals surface area contributed by atoms with E-state index >= 15 is 0 Å². The molecule has 0 aliphatic rings. The topological polar surface area (TPSA) is 117 Å². The average molecular weight is 332 g/mol. The lowest BCUT2D eigenvalue weighted by Crippen LogP contribution is -2.14. The van der Waals surface area contributed by atoms with Gasteiger partial charge < -0.3 is 5.73 Å². The second-order valence-electron chi connectivity index (χ2n) is 4.86. The molecule has 0 radical (unpaired) electrons. The van der Waals surface area contributed by atoms with E-state index in [1.54, 1.807) is 12.3 Å². The summed E-state index contributed by atoms with van der Waals surface area (Å²) in [6, 6.07) is 7.26. The van der Waals surface area contributed by atoms with Gasteiger partial charge >= 0.3 is 5.69 Å². The molecular weight excluding hydrogens is 322 g/mol. The number of rotatable bonds is 4. The molecule has 0 aliphatic heterocycles. The molecule has 1 amide bonds. The number of halogens is 1. The maximum absolute atomic E-state index is 11.2. The van der Waals surface area contributed by atoms with Gasteiger partial charge in [-0.2, -0.15) is 5.10 Å². The van der Waals surface area contributed by atoms with E-state index in [1.165, 1.54) is 10.9 Å². The molecule has 0 saturated heterocycles. The van der Waals surface area contributed by atoms with Crippen molar-refractivity contribution < 1.29 is 9.72 Å². The second-order valence-corrected chi connectivity index (χ2v) is 5.30. The van der Waals surface area contributed by atoms with Crippen LogP contribution in [-0.2, 0) is 6.54 Å². The van der Waals surface area contributed by atoms with Crippen LogP contribution in [0.2, 0.25) is 5.02 Å². The van der Waals surface area contributed by atoms with Crippen LogP contribution in [0.1, 0.15) is 16.1 Å². The first kappa shape index (κ1) is 14.9. The van der Waals surface area contributed by atoms with E-state index in [0.29, 0.717) is 5.02 Å². The number of nitrogens with zero attached hydrogens (tertiary/aromatic N) is 4. The minimum absolute atomic E-state index is 0.247. The standard InChI is InChI=1S/C14H10ClN5O3/c15-10-4-9-3-8(1-2-11(9)17-5-10)6-19-7-12(20(22)23)13(18-19)14(16)21/h1-5,7H,6H2,(H2,16,21). The molecule has 116 valence electrons. The fourth-order valence-corrected chi connectivity index (χ4v) is 2.41. The number of pyridine rings is 1. The van der Waals surface area contributed by atoms with Crippen molar-refractivity contribution in [2.75, 3.05) is 0 Å². The number of carbonyl (C=O) groups excluding carboxylic acids is 1. The molecule has 0 bridgehead atoms. The SMILES string of the molecule is NC(=O)c1nn(Cc2ccc3ncc(Cl)cc3c2)cc1[N+](=O)[O-]. The summed E-state index contributed by atoms with van der Waals surface area (Å²) in [4.78, 5) is 25.7. The molecular formula is C14H10ClN5O3. The van der Waals surface area contributed by atoms with Gasteiger partial charge in [-0.1, -0.05) is 17.7 Å². The third-order valence-corrected chi connectivity index (χ3v) is 3.44. The average Bonchev–Trinajstić information content (AvgIpc) is 2.91. The molecule has 0 unspecified atom stereocenters. The second kappa shape index (κ2) is 5.65. The lowest BCUT2D eigenvalue weighted by atomic mass is 10.1. The summed E-state index contributed by atoms with van der Waals surface area (Å²) in [6.07, 6.45) is 2.74. The Morgan fingerprint density at radius 1 is 1.39 bits per heavy atom. The number of benzene rings is 1. The summed E-state index contributed by atoms with van der Waals surface area (Å²) in [5, 5.41) is 16.2. The lowest BCUT2D eigenvalue weighted by molar-refractivity contribution is -0.385. The van der Waals surface area contributed by atoms with Crippen LogP contribution in [0.4, 0.5) is 5.69 Å². The molecule has 0 aliphatic carbocycles. The van der Waals surface area contributed by atoms with Gasteiger partial charge in [0, 0.05) is 11.6 Å². The van der Waals surface area contributed by atoms with Gasteiger partial charge in [0.25, 0.3) is 5.91 Å². The van der Waals surface area contributed by atoms with E-state index in [9.17, 15) is 14.9 Å². The normalized spacial score (nSPS) is 10.8. The number of primary amides is 1. The van der Waals surface area contributed by atoms with Gasteiger partial charge in [0.2, 0.25) is 5.69 Å². The van der Waals surface area contributed by atoms with E-state index in [0.717, 1.165) is 16.5 Å². The first-order valence-corrected chi connectivity index (χ1v) is 6.87. The van der Waals surface area contributed by atoms with Crippen molar-refractivity contribution >= 4 is 34.1 Å². The molecule has 2 N–H and O–H groups in total. The van der Waals surface area contributed by atoms with E-state index < -0.39 is 16.5 Å². The Morgan fingerprint density at radius 3 is 2.83 bits per heavy atom. The minimum atomic E-state index is -0.940. The molecule has 2 aromatic heterocycles. The molecule has 8 nitrogen and oxygen atoms in total. The molecule has 2 heterocycles. The zero-order valence-corrected chi connectivity index (χ0v) is 12.4. The Kier molecular flexibility index (Phi) is 3.67. The van der Waals surface area contributed by atoms with Crippen molar-refractivity contribution in [3.63, 3.8) is 0 Å². The van der Waals surface area contributed by atoms with Gasteiger partial charge in [-0.15, -0.1) is 0 Å². The van der Waals surface area contributed by atoms with Crippen molar-refractivity contribution in [2.45, 2.75) is 6.54 Å². The van der Waals surface area contributed by atoms with Crippen LogP contribution in [-0.4, -0.2) is 25.6 Å². The smallest absolute Gasteiger partial charge is 0.320 e. The minimum Gasteiger partial charge on any atom is -0.364 e. The number of amides is 1. The van der Waals surface area contributed by atoms with E-state index in [1.807, 2.05) is 18.2 Å². The number of aromatic nitrogens is 3. The molecule has 0 fully saturated rings. The number of fused-ring (bicyclic) bond motifs is 1. The number of nitro groups is 1. The van der Waals surface area contributed by atoms with Crippen LogP contribution in [0.25, 0.3) is 10.9 Å². The van der Waals surface area contributed by atoms with E-state index in [4.69, 9.17) is 17.3 Å². The maximum atomic E-state index is 11.2. The maximum Gasteiger partial charge on any atom is 0.320 e. The van der Waals surface area contributed by atoms with Gasteiger partial charge in [0.15, 0.2) is 0 Å². The van der Waals surface area contributed by atoms with Crippen molar-refractivity contribution in [1.29, 1.82) is 0 Å². The Bertz CT molecular complexity index is 906. The molecule has 23 heavy (non-hydrogen) atoms. The third kappa shape index (κ3) is 2.97. The van der Waals surface area contributed by atoms with Gasteiger partial charge in [-0.05, 0) is 23.8 Å². The van der Waals surface area contributed by atoms with Crippen LogP contribution in [0.3, 0.4) is 0 Å². The molecule has 3 rings (SSSR count). The van der Waals surface area contributed by atoms with Crippen LogP contribution >= 0.6 is 11.6 Å². The Hall–Kier alpha value is -3.00. The van der Waals surface area contributed by atoms with Crippen molar-refractivity contribution in [1.82, 2.24) is 14.8 Å². The molecule has 1 aromatic carbocycles. The fourth-order valence-electron chi connectivity index (χ4n) is 2.24. The summed E-state index contributed by atoms with van der Waals surface area (Å²) >= 11 is 5.92. The number of nitrogens with two attached hydrogens (primary N) is 1. The van der Waals surface area contributed by atoms with Crippen LogP contribution in [0.5, 0.6) is 0 Å². The quantitative estimate of drug-likeness (QED) is 0.580. The highest BCUT2D eigenvalue weighted by Gasteiger charge is 2.23. The molecule has 0 saturated carbocycles. The van der Waals surface area contributed by atoms with Crippen molar-refractivity contribution in [3.05, 3.63) is 63.1 Å².